The van der Waals surface area contributed by atoms with Crippen molar-refractivity contribution >= 4 is 0 Å². The predicted octanol–water partition coefficient (Wildman–Crippen LogP) is 3.47. The van der Waals surface area contributed by atoms with Crippen molar-refractivity contribution in [1.82, 2.24) is 0 Å². The molecule has 0 amide bonds. The first-order valence-corrected chi connectivity index (χ1v) is 14.4. The van der Waals surface area contributed by atoms with Crippen molar-refractivity contribution < 1.29 is 38.6 Å². The first kappa shape index (κ1) is 28.8. The van der Waals surface area contributed by atoms with E-state index in [2.05, 4.69) is 19.8 Å². The lowest BCUT2D eigenvalue weighted by Gasteiger charge is -2.71. The summed E-state index contributed by atoms with van der Waals surface area (Å²) in [5, 5.41) is 23.6. The zero-order chi connectivity index (χ0) is 27.6. The molecule has 0 aromatic rings. The number of hydrogen-bond acceptors (Lipinski definition) is 8. The first-order valence-electron chi connectivity index (χ1n) is 14.4. The summed E-state index contributed by atoms with van der Waals surface area (Å²) in [7, 11) is 3.27. The van der Waals surface area contributed by atoms with E-state index in [0.717, 1.165) is 25.7 Å². The van der Waals surface area contributed by atoms with Crippen LogP contribution in [0.2, 0.25) is 0 Å². The highest BCUT2D eigenvalue weighted by atomic mass is 16.7. The highest BCUT2D eigenvalue weighted by Gasteiger charge is 2.77. The fraction of sp³-hybridized carbons (Fsp3) is 0.933. The van der Waals surface area contributed by atoms with Crippen LogP contribution in [0, 0.1) is 46.8 Å². The molecule has 4 aliphatic carbocycles. The summed E-state index contributed by atoms with van der Waals surface area (Å²) in [5.74, 6) is 1.98. The van der Waals surface area contributed by atoms with Gasteiger partial charge in [0.1, 0.15) is 19.7 Å². The summed E-state index contributed by atoms with van der Waals surface area (Å²) in [6.07, 6.45) is 9.56. The van der Waals surface area contributed by atoms with E-state index in [1.165, 1.54) is 0 Å². The van der Waals surface area contributed by atoms with E-state index in [1.54, 1.807) is 14.2 Å². The van der Waals surface area contributed by atoms with Gasteiger partial charge in [-0.3, -0.25) is 0 Å². The molecule has 4 saturated carbocycles. The van der Waals surface area contributed by atoms with E-state index in [0.29, 0.717) is 31.8 Å². The highest BCUT2D eigenvalue weighted by Crippen LogP contribution is 2.73. The van der Waals surface area contributed by atoms with Gasteiger partial charge in [0.25, 0.3) is 0 Å². The minimum atomic E-state index is -0.950. The predicted molar refractivity (Wildman–Crippen MR) is 140 cm³/mol. The van der Waals surface area contributed by atoms with Gasteiger partial charge < -0.3 is 38.6 Å². The molecular weight excluding hydrogens is 488 g/mol. The lowest BCUT2D eigenvalue weighted by Crippen LogP contribution is -2.78. The summed E-state index contributed by atoms with van der Waals surface area (Å²) < 4.78 is 37.4. The number of rotatable bonds is 7. The fourth-order valence-corrected chi connectivity index (χ4v) is 9.99. The molecule has 8 nitrogen and oxygen atoms in total. The number of hydrogen-bond donors (Lipinski definition) is 2. The average Bonchev–Trinajstić information content (AvgIpc) is 3.16. The number of ether oxygens (including phenoxy) is 6. The second-order valence-electron chi connectivity index (χ2n) is 13.5. The Bertz CT molecular complexity index is 918. The van der Waals surface area contributed by atoms with Gasteiger partial charge in [-0.1, -0.05) is 19.8 Å². The molecule has 0 aromatic heterocycles. The van der Waals surface area contributed by atoms with Crippen LogP contribution >= 0.6 is 0 Å². The van der Waals surface area contributed by atoms with Gasteiger partial charge in [0.15, 0.2) is 5.79 Å². The molecule has 2 N–H and O–H groups in total. The first-order chi connectivity index (χ1) is 17.9. The Labute approximate surface area is 228 Å². The topological polar surface area (TPSA) is 95.8 Å². The normalized spacial score (nSPS) is 50.2. The van der Waals surface area contributed by atoms with Crippen molar-refractivity contribution in [3.63, 3.8) is 0 Å². The Kier molecular flexibility index (Phi) is 7.53. The third-order valence-corrected chi connectivity index (χ3v) is 11.3. The van der Waals surface area contributed by atoms with Crippen LogP contribution in [0.5, 0.6) is 0 Å². The molecule has 0 radical (unpaired) electrons. The Morgan fingerprint density at radius 1 is 1.08 bits per heavy atom. The molecule has 5 fully saturated rings. The van der Waals surface area contributed by atoms with Gasteiger partial charge in [-0.05, 0) is 70.6 Å². The smallest absolute Gasteiger partial charge is 0.163 e. The Morgan fingerprint density at radius 3 is 2.50 bits per heavy atom. The minimum absolute atomic E-state index is 0.0258. The van der Waals surface area contributed by atoms with E-state index in [-0.39, 0.29) is 43.5 Å². The highest BCUT2D eigenvalue weighted by molar-refractivity contribution is 5.26. The molecule has 216 valence electrons. The van der Waals surface area contributed by atoms with Gasteiger partial charge in [0.05, 0.1) is 35.4 Å². The van der Waals surface area contributed by atoms with E-state index < -0.39 is 33.9 Å². The Hall–Kier alpha value is -0.760. The van der Waals surface area contributed by atoms with Crippen LogP contribution in [-0.2, 0) is 28.4 Å². The third kappa shape index (κ3) is 3.95. The van der Waals surface area contributed by atoms with E-state index >= 15 is 0 Å². The molecule has 38 heavy (non-hydrogen) atoms. The quantitative estimate of drug-likeness (QED) is 0.377. The molecule has 5 aliphatic rings. The minimum Gasteiger partial charge on any atom is -0.389 e. The number of terminal acetylenes is 1. The summed E-state index contributed by atoms with van der Waals surface area (Å²) in [5.41, 5.74) is -2.67. The van der Waals surface area contributed by atoms with Crippen molar-refractivity contribution in [2.24, 2.45) is 34.5 Å². The van der Waals surface area contributed by atoms with Gasteiger partial charge in [0, 0.05) is 31.5 Å². The van der Waals surface area contributed by atoms with E-state index in [4.69, 9.17) is 34.8 Å². The lowest BCUT2D eigenvalue weighted by molar-refractivity contribution is -0.405. The molecule has 11 atom stereocenters. The van der Waals surface area contributed by atoms with Crippen molar-refractivity contribution in [1.29, 1.82) is 0 Å². The maximum absolute atomic E-state index is 12.6. The number of aliphatic hydroxyl groups is 2. The molecule has 5 rings (SSSR count). The van der Waals surface area contributed by atoms with Crippen LogP contribution in [0.25, 0.3) is 0 Å². The fourth-order valence-electron chi connectivity index (χ4n) is 9.99. The molecule has 0 bridgehead atoms. The van der Waals surface area contributed by atoms with E-state index in [1.807, 2.05) is 13.8 Å². The molecule has 1 spiro atoms. The molecular formula is C30H48O8. The van der Waals surface area contributed by atoms with Crippen LogP contribution in [0.1, 0.15) is 72.6 Å². The second kappa shape index (κ2) is 9.95. The molecule has 1 saturated heterocycles. The zero-order valence-electron chi connectivity index (χ0n) is 24.0. The van der Waals surface area contributed by atoms with Crippen LogP contribution in [0.3, 0.4) is 0 Å². The summed E-state index contributed by atoms with van der Waals surface area (Å²) in [4.78, 5) is 0. The second-order valence-corrected chi connectivity index (χ2v) is 13.5. The molecule has 1 heterocycles. The largest absolute Gasteiger partial charge is 0.389 e. The monoisotopic (exact) mass is 536 g/mol. The number of methoxy groups -OCH3 is 2. The van der Waals surface area contributed by atoms with Gasteiger partial charge in [-0.25, -0.2) is 0 Å². The van der Waals surface area contributed by atoms with E-state index in [9.17, 15) is 10.2 Å². The summed E-state index contributed by atoms with van der Waals surface area (Å²) in [6.45, 7) is 9.02. The molecule has 4 unspecified atom stereocenters. The third-order valence-electron chi connectivity index (χ3n) is 11.3. The average molecular weight is 537 g/mol. The van der Waals surface area contributed by atoms with Crippen LogP contribution in [0.4, 0.5) is 0 Å². The maximum Gasteiger partial charge on any atom is 0.163 e. The summed E-state index contributed by atoms with van der Waals surface area (Å²) >= 11 is 0. The molecule has 1 aliphatic heterocycles. The summed E-state index contributed by atoms with van der Waals surface area (Å²) in [6, 6.07) is 0. The lowest BCUT2D eigenvalue weighted by atomic mass is 9.39. The number of aliphatic hydroxyl groups excluding tert-OH is 1. The SMILES string of the molecule is C#CC(O)[C@H]1CC[C@]2(OCOC)C3CC[C@]4(O)C[C@@H](C)C[C@H]5OC(C)(C)OC[C@]54C3C(OCOC)C[C@]12C. The van der Waals surface area contributed by atoms with Crippen molar-refractivity contribution in [3.05, 3.63) is 0 Å². The Morgan fingerprint density at radius 2 is 1.82 bits per heavy atom. The molecule has 0 aromatic carbocycles. The van der Waals surface area contributed by atoms with Crippen molar-refractivity contribution in [3.8, 4) is 12.3 Å². The van der Waals surface area contributed by atoms with Crippen LogP contribution in [-0.4, -0.2) is 79.9 Å². The molecule has 8 heteroatoms. The van der Waals surface area contributed by atoms with Crippen LogP contribution < -0.4 is 0 Å². The van der Waals surface area contributed by atoms with Crippen molar-refractivity contribution in [2.75, 3.05) is 34.4 Å². The van der Waals surface area contributed by atoms with Gasteiger partial charge in [0.2, 0.25) is 0 Å². The van der Waals surface area contributed by atoms with Crippen molar-refractivity contribution in [2.45, 2.75) is 108 Å². The Balaban J connectivity index is 1.67. The zero-order valence-corrected chi connectivity index (χ0v) is 24.0. The van der Waals surface area contributed by atoms with Gasteiger partial charge in [-0.15, -0.1) is 6.42 Å². The van der Waals surface area contributed by atoms with Gasteiger partial charge in [-0.2, -0.15) is 0 Å². The number of fused-ring (bicyclic) bond motifs is 3. The van der Waals surface area contributed by atoms with Crippen LogP contribution in [0.15, 0.2) is 0 Å². The maximum atomic E-state index is 12.6. The standard InChI is InChI=1S/C30H48O8/c1-8-22(31)20-10-12-30(37-18-34-7)21-9-11-28(32)14-19(2)13-24-29(28,16-36-26(3,4)38-24)25(21)23(35-17-33-6)15-27(20,30)5/h1,19-25,31-32H,9-18H2,2-7H3/t19-,20+,21?,22?,23?,24+,25?,27+,28-,29+,30-/m0/s1. The van der Waals surface area contributed by atoms with Gasteiger partial charge >= 0.3 is 0 Å².